The molecule has 0 aliphatic carbocycles. The van der Waals surface area contributed by atoms with Crippen LogP contribution in [0.2, 0.25) is 10.0 Å². The Morgan fingerprint density at radius 1 is 0.808 bits per heavy atom. The van der Waals surface area contributed by atoms with Crippen LogP contribution in [0.1, 0.15) is 0 Å². The van der Waals surface area contributed by atoms with Gasteiger partial charge < -0.3 is 0 Å². The highest BCUT2D eigenvalue weighted by molar-refractivity contribution is 7.93. The number of benzene rings is 2. The average molecular weight is 431 g/mol. The third-order valence-corrected chi connectivity index (χ3v) is 6.84. The molecule has 136 valence electrons. The van der Waals surface area contributed by atoms with Gasteiger partial charge in [-0.3, -0.25) is 4.72 Å². The van der Waals surface area contributed by atoms with E-state index in [4.69, 9.17) is 23.2 Å². The summed E-state index contributed by atoms with van der Waals surface area (Å²) in [5.41, 5.74) is 0.168. The Morgan fingerprint density at radius 3 is 2.04 bits per heavy atom. The van der Waals surface area contributed by atoms with E-state index in [1.165, 1.54) is 42.6 Å². The Hall–Kier alpha value is -2.00. The van der Waals surface area contributed by atoms with E-state index in [2.05, 4.69) is 4.72 Å². The molecule has 0 unspecified atom stereocenters. The van der Waals surface area contributed by atoms with Crippen molar-refractivity contribution in [2.75, 3.05) is 4.72 Å². The Kier molecular flexibility index (Phi) is 5.03. The maximum Gasteiger partial charge on any atom is 0.267 e. The van der Waals surface area contributed by atoms with Crippen LogP contribution in [-0.2, 0) is 20.0 Å². The van der Waals surface area contributed by atoms with Crippen LogP contribution in [0.3, 0.4) is 0 Å². The summed E-state index contributed by atoms with van der Waals surface area (Å²) in [6.07, 6.45) is 2.19. The van der Waals surface area contributed by atoms with Gasteiger partial charge in [0.1, 0.15) is 4.90 Å². The number of rotatable bonds is 5. The highest BCUT2D eigenvalue weighted by Gasteiger charge is 2.21. The fourth-order valence-electron chi connectivity index (χ4n) is 2.21. The lowest BCUT2D eigenvalue weighted by atomic mass is 10.3. The zero-order valence-corrected chi connectivity index (χ0v) is 16.1. The number of anilines is 1. The van der Waals surface area contributed by atoms with E-state index in [1.807, 2.05) is 0 Å². The predicted octanol–water partition coefficient (Wildman–Crippen LogP) is 3.83. The maximum atomic E-state index is 12.5. The fourth-order valence-corrected chi connectivity index (χ4v) is 5.06. The monoisotopic (exact) mass is 430 g/mol. The van der Waals surface area contributed by atoms with Crippen LogP contribution in [0.5, 0.6) is 0 Å². The van der Waals surface area contributed by atoms with Crippen molar-refractivity contribution in [2.24, 2.45) is 0 Å². The molecule has 0 fully saturated rings. The molecule has 10 heteroatoms. The molecule has 0 radical (unpaired) electrons. The van der Waals surface area contributed by atoms with E-state index in [0.717, 1.165) is 10.2 Å². The highest BCUT2D eigenvalue weighted by Crippen LogP contribution is 2.25. The number of hydrogen-bond donors (Lipinski definition) is 1. The molecule has 0 atom stereocenters. The molecule has 1 aromatic heterocycles. The molecule has 6 nitrogen and oxygen atoms in total. The van der Waals surface area contributed by atoms with Gasteiger partial charge in [-0.1, -0.05) is 41.4 Å². The van der Waals surface area contributed by atoms with Crippen molar-refractivity contribution < 1.29 is 16.8 Å². The normalized spacial score (nSPS) is 12.1. The first kappa shape index (κ1) is 18.8. The molecule has 26 heavy (non-hydrogen) atoms. The van der Waals surface area contributed by atoms with E-state index in [1.54, 1.807) is 18.2 Å². The van der Waals surface area contributed by atoms with Gasteiger partial charge in [0, 0.05) is 22.4 Å². The summed E-state index contributed by atoms with van der Waals surface area (Å²) < 4.78 is 53.2. The van der Waals surface area contributed by atoms with Crippen molar-refractivity contribution in [1.82, 2.24) is 3.97 Å². The minimum absolute atomic E-state index is 0.0501. The second-order valence-corrected chi connectivity index (χ2v) is 9.66. The Morgan fingerprint density at radius 2 is 1.42 bits per heavy atom. The summed E-state index contributed by atoms with van der Waals surface area (Å²) in [7, 11) is -7.90. The number of nitrogens with zero attached hydrogens (tertiary/aromatic N) is 1. The zero-order chi connectivity index (χ0) is 18.9. The molecule has 1 heterocycles. The molecule has 3 rings (SSSR count). The van der Waals surface area contributed by atoms with Gasteiger partial charge in [-0.15, -0.1) is 0 Å². The Labute approximate surface area is 161 Å². The van der Waals surface area contributed by atoms with Crippen LogP contribution in [0, 0.1) is 0 Å². The highest BCUT2D eigenvalue weighted by atomic mass is 35.5. The van der Waals surface area contributed by atoms with Crippen molar-refractivity contribution >= 4 is 48.9 Å². The van der Waals surface area contributed by atoms with Gasteiger partial charge in [-0.05, 0) is 36.4 Å². The van der Waals surface area contributed by atoms with Crippen LogP contribution in [0.25, 0.3) is 0 Å². The minimum Gasteiger partial charge on any atom is -0.279 e. The number of hydrogen-bond acceptors (Lipinski definition) is 4. The molecule has 3 aromatic rings. The smallest absolute Gasteiger partial charge is 0.267 e. The van der Waals surface area contributed by atoms with E-state index in [-0.39, 0.29) is 25.5 Å². The standard InChI is InChI=1S/C16H12Cl2N2O4S2/c17-12-8-13(18)10-14(9-12)19-25(21,22)16-6-7-20(11-16)26(23,24)15-4-2-1-3-5-15/h1-11,19H. The van der Waals surface area contributed by atoms with Gasteiger partial charge in [0.05, 0.1) is 10.6 Å². The Balaban J connectivity index is 1.94. The molecule has 0 spiro atoms. The van der Waals surface area contributed by atoms with Crippen molar-refractivity contribution in [1.29, 1.82) is 0 Å². The van der Waals surface area contributed by atoms with Crippen molar-refractivity contribution in [3.05, 3.63) is 77.0 Å². The zero-order valence-electron chi connectivity index (χ0n) is 13.0. The summed E-state index contributed by atoms with van der Waals surface area (Å²) in [6, 6.07) is 13.1. The topological polar surface area (TPSA) is 85.2 Å². The van der Waals surface area contributed by atoms with Gasteiger partial charge in [0.25, 0.3) is 20.0 Å². The third-order valence-electron chi connectivity index (χ3n) is 3.38. The minimum atomic E-state index is -4.02. The fraction of sp³-hybridized carbons (Fsp3) is 0. The van der Waals surface area contributed by atoms with E-state index in [9.17, 15) is 16.8 Å². The molecular weight excluding hydrogens is 419 g/mol. The maximum absolute atomic E-state index is 12.5. The van der Waals surface area contributed by atoms with E-state index < -0.39 is 20.0 Å². The summed E-state index contributed by atoms with van der Waals surface area (Å²) >= 11 is 11.7. The second-order valence-electron chi connectivity index (χ2n) is 5.26. The molecule has 0 aliphatic rings. The molecule has 0 amide bonds. The van der Waals surface area contributed by atoms with Crippen LogP contribution >= 0.6 is 23.2 Å². The summed E-state index contributed by atoms with van der Waals surface area (Å²) in [5.74, 6) is 0. The average Bonchev–Trinajstić information content (AvgIpc) is 3.06. The number of sulfonamides is 1. The number of nitrogens with one attached hydrogen (secondary N) is 1. The molecule has 2 aromatic carbocycles. The van der Waals surface area contributed by atoms with Crippen LogP contribution in [-0.4, -0.2) is 20.8 Å². The van der Waals surface area contributed by atoms with E-state index in [0.29, 0.717) is 0 Å². The van der Waals surface area contributed by atoms with Gasteiger partial charge in [-0.2, -0.15) is 0 Å². The van der Waals surface area contributed by atoms with Gasteiger partial charge in [0.15, 0.2) is 0 Å². The molecule has 1 N–H and O–H groups in total. The first-order chi connectivity index (χ1) is 12.2. The lowest BCUT2D eigenvalue weighted by Crippen LogP contribution is -2.14. The van der Waals surface area contributed by atoms with Crippen LogP contribution < -0.4 is 4.72 Å². The molecule has 0 saturated carbocycles. The van der Waals surface area contributed by atoms with Crippen LogP contribution in [0.4, 0.5) is 5.69 Å². The Bertz CT molecular complexity index is 1140. The summed E-state index contributed by atoms with van der Waals surface area (Å²) in [5, 5.41) is 0.527. The van der Waals surface area contributed by atoms with Gasteiger partial charge >= 0.3 is 0 Å². The second kappa shape index (κ2) is 6.96. The van der Waals surface area contributed by atoms with Crippen molar-refractivity contribution in [2.45, 2.75) is 9.79 Å². The third kappa shape index (κ3) is 3.88. The molecular formula is C16H12Cl2N2O4S2. The van der Waals surface area contributed by atoms with Crippen molar-refractivity contribution in [3.63, 3.8) is 0 Å². The first-order valence-corrected chi connectivity index (χ1v) is 10.8. The molecule has 0 bridgehead atoms. The number of aromatic nitrogens is 1. The van der Waals surface area contributed by atoms with E-state index >= 15 is 0 Å². The lowest BCUT2D eigenvalue weighted by molar-refractivity contribution is 0.587. The van der Waals surface area contributed by atoms with Gasteiger partial charge in [0.2, 0.25) is 0 Å². The van der Waals surface area contributed by atoms with Crippen molar-refractivity contribution in [3.8, 4) is 0 Å². The molecule has 0 aliphatic heterocycles. The number of halogens is 2. The first-order valence-electron chi connectivity index (χ1n) is 7.16. The summed E-state index contributed by atoms with van der Waals surface area (Å²) in [4.78, 5) is -0.165. The predicted molar refractivity (Wildman–Crippen MR) is 101 cm³/mol. The molecule has 0 saturated heterocycles. The van der Waals surface area contributed by atoms with Crippen LogP contribution in [0.15, 0.2) is 76.8 Å². The largest absolute Gasteiger partial charge is 0.279 e. The lowest BCUT2D eigenvalue weighted by Gasteiger charge is -2.08. The quantitative estimate of drug-likeness (QED) is 0.666. The SMILES string of the molecule is O=S(=O)(Nc1cc(Cl)cc(Cl)c1)c1ccn(S(=O)(=O)c2ccccc2)c1. The van der Waals surface area contributed by atoms with Gasteiger partial charge in [-0.25, -0.2) is 20.8 Å². The summed E-state index contributed by atoms with van der Waals surface area (Å²) in [6.45, 7) is 0.